The van der Waals surface area contributed by atoms with Gasteiger partial charge >= 0.3 is 0 Å². The van der Waals surface area contributed by atoms with Gasteiger partial charge in [0.1, 0.15) is 6.54 Å². The third-order valence-corrected chi connectivity index (χ3v) is 5.73. The van der Waals surface area contributed by atoms with E-state index in [1.807, 2.05) is 0 Å². The molecule has 1 saturated heterocycles. The van der Waals surface area contributed by atoms with Gasteiger partial charge in [-0.05, 0) is 34.1 Å². The van der Waals surface area contributed by atoms with E-state index in [2.05, 4.69) is 39.9 Å². The zero-order valence-electron chi connectivity index (χ0n) is 14.8. The summed E-state index contributed by atoms with van der Waals surface area (Å²) in [6.07, 6.45) is 4.60. The number of likely N-dealkylation sites (tertiary alicyclic amines) is 1. The Kier molecular flexibility index (Phi) is 6.66. The Morgan fingerprint density at radius 2 is 1.57 bits per heavy atom. The Bertz CT molecular complexity index is 298. The molecule has 1 aliphatic heterocycles. The summed E-state index contributed by atoms with van der Waals surface area (Å²) < 4.78 is 1.00. The minimum Gasteiger partial charge on any atom is -0.395 e. The molecule has 0 aromatic carbocycles. The zero-order valence-corrected chi connectivity index (χ0v) is 14.8. The van der Waals surface area contributed by atoms with Crippen LogP contribution in [-0.4, -0.2) is 64.7 Å². The molecule has 0 spiro atoms. The fraction of sp³-hybridized carbons (Fsp3) is 1.00. The van der Waals surface area contributed by atoms with Crippen LogP contribution in [0.25, 0.3) is 0 Å². The second-order valence-electron chi connectivity index (χ2n) is 7.90. The summed E-state index contributed by atoms with van der Waals surface area (Å²) in [5, 5.41) is 22.2. The molecule has 4 heteroatoms. The van der Waals surface area contributed by atoms with Gasteiger partial charge in [-0.15, -0.1) is 0 Å². The highest BCUT2D eigenvalue weighted by Crippen LogP contribution is 2.46. The monoisotopic (exact) mass is 301 g/mol. The Balaban J connectivity index is 3.04. The second-order valence-corrected chi connectivity index (χ2v) is 7.90. The van der Waals surface area contributed by atoms with Gasteiger partial charge < -0.3 is 20.0 Å². The molecule has 1 aliphatic rings. The first-order valence-electron chi connectivity index (χ1n) is 8.59. The lowest BCUT2D eigenvalue weighted by Crippen LogP contribution is -2.77. The van der Waals surface area contributed by atoms with Crippen LogP contribution in [0.1, 0.15) is 60.3 Å². The lowest BCUT2D eigenvalue weighted by Gasteiger charge is -2.63. The van der Waals surface area contributed by atoms with E-state index in [-0.39, 0.29) is 24.3 Å². The number of aliphatic hydroxyl groups excluding tert-OH is 2. The summed E-state index contributed by atoms with van der Waals surface area (Å²) in [4.78, 5) is 0. The van der Waals surface area contributed by atoms with E-state index in [4.69, 9.17) is 5.11 Å². The zero-order chi connectivity index (χ0) is 16.1. The van der Waals surface area contributed by atoms with Crippen LogP contribution in [0, 0.1) is 0 Å². The van der Waals surface area contributed by atoms with Crippen LogP contribution >= 0.6 is 0 Å². The van der Waals surface area contributed by atoms with E-state index in [1.165, 1.54) is 12.8 Å². The molecule has 0 aliphatic carbocycles. The van der Waals surface area contributed by atoms with Crippen molar-refractivity contribution < 1.29 is 14.7 Å². The predicted octanol–water partition coefficient (Wildman–Crippen LogP) is 1.90. The van der Waals surface area contributed by atoms with Crippen LogP contribution in [0.5, 0.6) is 0 Å². The highest BCUT2D eigenvalue weighted by molar-refractivity contribution is 4.94. The summed E-state index contributed by atoms with van der Waals surface area (Å²) >= 11 is 0. The van der Waals surface area contributed by atoms with Crippen LogP contribution in [0.4, 0.5) is 0 Å². The first kappa shape index (κ1) is 18.9. The van der Waals surface area contributed by atoms with Gasteiger partial charge in [0, 0.05) is 25.4 Å². The number of nitrogens with one attached hydrogen (secondary N) is 1. The minimum absolute atomic E-state index is 0.132. The van der Waals surface area contributed by atoms with Crippen molar-refractivity contribution in [1.82, 2.24) is 5.32 Å². The van der Waals surface area contributed by atoms with Gasteiger partial charge in [0.2, 0.25) is 0 Å². The average molecular weight is 301 g/mol. The van der Waals surface area contributed by atoms with Crippen molar-refractivity contribution in [2.75, 3.05) is 32.8 Å². The van der Waals surface area contributed by atoms with E-state index in [0.29, 0.717) is 12.6 Å². The van der Waals surface area contributed by atoms with E-state index in [9.17, 15) is 5.11 Å². The summed E-state index contributed by atoms with van der Waals surface area (Å²) in [7, 11) is 0. The van der Waals surface area contributed by atoms with E-state index in [0.717, 1.165) is 30.4 Å². The third-order valence-electron chi connectivity index (χ3n) is 5.73. The molecule has 0 atom stereocenters. The van der Waals surface area contributed by atoms with Gasteiger partial charge in [-0.2, -0.15) is 0 Å². The summed E-state index contributed by atoms with van der Waals surface area (Å²) in [5.74, 6) is 0. The van der Waals surface area contributed by atoms with Crippen LogP contribution < -0.4 is 5.32 Å². The van der Waals surface area contributed by atoms with Crippen molar-refractivity contribution in [1.29, 1.82) is 0 Å². The molecule has 0 amide bonds. The van der Waals surface area contributed by atoms with E-state index < -0.39 is 0 Å². The molecule has 0 bridgehead atoms. The van der Waals surface area contributed by atoms with E-state index >= 15 is 0 Å². The standard InChI is InChI=1S/C17H37N2O2/c1-6-7-9-19(10-12-21)16(2,3)13-15(18-8-11-20)14-17(19,4)5/h15,18,20-21H,6-14H2,1-5H3/q+1. The van der Waals surface area contributed by atoms with Crippen molar-refractivity contribution in [3.8, 4) is 0 Å². The van der Waals surface area contributed by atoms with Crippen molar-refractivity contribution in [2.45, 2.75) is 77.4 Å². The fourth-order valence-corrected chi connectivity index (χ4v) is 4.78. The fourth-order valence-electron chi connectivity index (χ4n) is 4.78. The highest BCUT2D eigenvalue weighted by Gasteiger charge is 2.57. The smallest absolute Gasteiger partial charge is 0.103 e. The topological polar surface area (TPSA) is 52.5 Å². The maximum absolute atomic E-state index is 9.69. The Morgan fingerprint density at radius 3 is 2.00 bits per heavy atom. The molecule has 126 valence electrons. The maximum atomic E-state index is 9.69. The number of unbranched alkanes of at least 4 members (excludes halogenated alkanes) is 1. The number of rotatable bonds is 8. The largest absolute Gasteiger partial charge is 0.395 e. The molecule has 21 heavy (non-hydrogen) atoms. The molecule has 3 N–H and O–H groups in total. The molecule has 1 rings (SSSR count). The SMILES string of the molecule is CCCC[N+]1(CCO)C(C)(C)CC(NCCO)CC1(C)C. The lowest BCUT2D eigenvalue weighted by atomic mass is 9.73. The third kappa shape index (κ3) is 3.79. The number of nitrogens with zero attached hydrogens (tertiary/aromatic N) is 1. The predicted molar refractivity (Wildman–Crippen MR) is 88.3 cm³/mol. The van der Waals surface area contributed by atoms with Crippen LogP contribution in [-0.2, 0) is 0 Å². The average Bonchev–Trinajstić information content (AvgIpc) is 2.38. The van der Waals surface area contributed by atoms with Crippen LogP contribution in [0.2, 0.25) is 0 Å². The van der Waals surface area contributed by atoms with Crippen molar-refractivity contribution in [2.24, 2.45) is 0 Å². The second kappa shape index (κ2) is 7.40. The normalized spacial score (nSPS) is 31.3. The molecule has 1 fully saturated rings. The molecule has 0 radical (unpaired) electrons. The number of piperidine rings is 1. The summed E-state index contributed by atoms with van der Waals surface area (Å²) in [6.45, 7) is 14.8. The van der Waals surface area contributed by atoms with Gasteiger partial charge in [-0.1, -0.05) is 13.3 Å². The van der Waals surface area contributed by atoms with Gasteiger partial charge in [-0.3, -0.25) is 0 Å². The quantitative estimate of drug-likeness (QED) is 0.600. The van der Waals surface area contributed by atoms with Gasteiger partial charge in [0.15, 0.2) is 0 Å². The highest BCUT2D eigenvalue weighted by atomic mass is 16.3. The summed E-state index contributed by atoms with van der Waals surface area (Å²) in [5.41, 5.74) is 0.263. The minimum atomic E-state index is 0.132. The number of quaternary nitrogens is 1. The first-order valence-corrected chi connectivity index (χ1v) is 8.59. The lowest BCUT2D eigenvalue weighted by molar-refractivity contribution is -1.02. The van der Waals surface area contributed by atoms with E-state index in [1.54, 1.807) is 0 Å². The number of hydrogen-bond donors (Lipinski definition) is 3. The molecular formula is C17H37N2O2+. The molecule has 0 unspecified atom stereocenters. The number of aliphatic hydroxyl groups is 2. The van der Waals surface area contributed by atoms with Crippen molar-refractivity contribution >= 4 is 0 Å². The molecule has 0 aromatic rings. The maximum Gasteiger partial charge on any atom is 0.103 e. The molecule has 0 aromatic heterocycles. The molecule has 4 nitrogen and oxygen atoms in total. The Labute approximate surface area is 131 Å². The molecule has 0 saturated carbocycles. The first-order chi connectivity index (χ1) is 9.76. The number of hydrogen-bond acceptors (Lipinski definition) is 3. The van der Waals surface area contributed by atoms with Crippen molar-refractivity contribution in [3.05, 3.63) is 0 Å². The van der Waals surface area contributed by atoms with Gasteiger partial charge in [0.05, 0.1) is 30.8 Å². The molecular weight excluding hydrogens is 264 g/mol. The Hall–Kier alpha value is -0.160. The van der Waals surface area contributed by atoms with Gasteiger partial charge in [-0.25, -0.2) is 0 Å². The van der Waals surface area contributed by atoms with Crippen molar-refractivity contribution in [3.63, 3.8) is 0 Å². The summed E-state index contributed by atoms with van der Waals surface area (Å²) in [6, 6.07) is 0.453. The molecule has 1 heterocycles. The van der Waals surface area contributed by atoms with Crippen LogP contribution in [0.3, 0.4) is 0 Å². The van der Waals surface area contributed by atoms with Crippen LogP contribution in [0.15, 0.2) is 0 Å². The Morgan fingerprint density at radius 1 is 1.00 bits per heavy atom. The van der Waals surface area contributed by atoms with Gasteiger partial charge in [0.25, 0.3) is 0 Å².